The molecule has 18 nitrogen and oxygen atoms in total. The van der Waals surface area contributed by atoms with Gasteiger partial charge in [-0.25, -0.2) is 19.6 Å². The summed E-state index contributed by atoms with van der Waals surface area (Å²) in [6.45, 7) is 2.78. The van der Waals surface area contributed by atoms with E-state index in [1.807, 2.05) is 48.5 Å². The lowest BCUT2D eigenvalue weighted by Gasteiger charge is -2.30. The molecule has 57 heavy (non-hydrogen) atoms. The van der Waals surface area contributed by atoms with E-state index >= 15 is 0 Å². The number of imidazole rings is 2. The molecule has 0 unspecified atom stereocenters. The average Bonchev–Trinajstić information content (AvgIpc) is 4.07. The van der Waals surface area contributed by atoms with Gasteiger partial charge in [-0.05, 0) is 69.0 Å². The summed E-state index contributed by atoms with van der Waals surface area (Å²) in [5.41, 5.74) is 6.10. The molecular weight excluding hydrogens is 736 g/mol. The molecule has 2 aromatic carbocycles. The average molecular weight is 783 g/mol. The summed E-state index contributed by atoms with van der Waals surface area (Å²) in [5, 5.41) is 14.3. The van der Waals surface area contributed by atoms with Crippen LogP contribution >= 0.6 is 0 Å². The molecule has 5 heterocycles. The van der Waals surface area contributed by atoms with Gasteiger partial charge in [0.1, 0.15) is 23.7 Å². The fourth-order valence-electron chi connectivity index (χ4n) is 7.59. The van der Waals surface area contributed by atoms with Gasteiger partial charge in [0.2, 0.25) is 11.8 Å². The molecule has 2 saturated heterocycles. The summed E-state index contributed by atoms with van der Waals surface area (Å²) < 4.78 is 20.0. The number of H-pyrrole nitrogens is 2. The minimum atomic E-state index is -0.918. The Labute approximate surface area is 328 Å². The normalized spacial score (nSPS) is 18.4. The largest absolute Gasteiger partial charge is 0.453 e. The number of carbonyl (C=O) groups excluding carboxylic acids is 4. The highest BCUT2D eigenvalue weighted by molar-refractivity contribution is 5.88. The fourth-order valence-corrected chi connectivity index (χ4v) is 7.59. The molecule has 0 aliphatic carbocycles. The maximum Gasteiger partial charge on any atom is 0.407 e. The highest BCUT2D eigenvalue weighted by Crippen LogP contribution is 2.35. The number of likely N-dealkylation sites (tertiary alicyclic amines) is 2. The molecular formula is C39H46N10O8. The van der Waals surface area contributed by atoms with Crippen LogP contribution in [0.1, 0.15) is 56.3 Å². The molecule has 2 aliphatic heterocycles. The van der Waals surface area contributed by atoms with Gasteiger partial charge < -0.3 is 49.3 Å². The van der Waals surface area contributed by atoms with Gasteiger partial charge in [-0.2, -0.15) is 0 Å². The number of benzene rings is 2. The summed E-state index contributed by atoms with van der Waals surface area (Å²) in [6, 6.07) is 13.0. The Bertz CT molecular complexity index is 2260. The number of rotatable bonds is 12. The molecule has 300 valence electrons. The standard InChI is InChI=1S/C39H46N10O8/c1-21(55-3)33(45-39(53)57-5)37(51)49-17-7-9-32(49)35-41-27-13-11-23(19-29(27)43-35)25-15-14-24(46-47-25)22-10-12-26-28(18-22)42-34(40-26)31-8-6-16-48(31)36(50)30(20-54-2)44-38(52)56-4/h10-15,18-19,21,30-33H,6-9,16-17,20H2,1-5H3,(H,40,42)(H,41,43)(H,44,52)(H,45,53)/t21-,30+,31+,32+,33+/m1/s1. The quantitative estimate of drug-likeness (QED) is 0.141. The van der Waals surface area contributed by atoms with Crippen molar-refractivity contribution < 1.29 is 38.1 Å². The van der Waals surface area contributed by atoms with Crippen molar-refractivity contribution >= 4 is 46.1 Å². The van der Waals surface area contributed by atoms with E-state index in [0.29, 0.717) is 42.5 Å². The molecule has 0 saturated carbocycles. The summed E-state index contributed by atoms with van der Waals surface area (Å²) in [6.07, 6.45) is 1.03. The minimum absolute atomic E-state index is 0.0115. The Morgan fingerprint density at radius 1 is 0.737 bits per heavy atom. The topological polar surface area (TPSA) is 219 Å². The van der Waals surface area contributed by atoms with Crippen LogP contribution in [0.4, 0.5) is 9.59 Å². The van der Waals surface area contributed by atoms with Crippen molar-refractivity contribution in [2.75, 3.05) is 48.1 Å². The molecule has 7 rings (SSSR count). The smallest absolute Gasteiger partial charge is 0.407 e. The van der Waals surface area contributed by atoms with E-state index in [-0.39, 0.29) is 30.5 Å². The second-order valence-corrected chi connectivity index (χ2v) is 14.1. The first-order valence-electron chi connectivity index (χ1n) is 18.8. The van der Waals surface area contributed by atoms with Gasteiger partial charge in [0.05, 0.1) is 72.5 Å². The summed E-state index contributed by atoms with van der Waals surface area (Å²) >= 11 is 0. The number of ether oxygens (including phenoxy) is 4. The van der Waals surface area contributed by atoms with Gasteiger partial charge in [0.25, 0.3) is 0 Å². The summed E-state index contributed by atoms with van der Waals surface area (Å²) in [7, 11) is 5.46. The second-order valence-electron chi connectivity index (χ2n) is 14.1. The SMILES string of the molecule is COC[C@H](NC(=O)OC)C(=O)N1CCC[C@H]1c1nc2ccc(-c3ccc(-c4ccc5nc([C@@H]6CCCN6C(=O)[C@@H](NC(=O)OC)[C@@H](C)OC)[nH]c5c4)nn3)cc2[nH]1. The first kappa shape index (κ1) is 39.1. The van der Waals surface area contributed by atoms with Gasteiger partial charge in [-0.1, -0.05) is 12.1 Å². The number of nitrogens with zero attached hydrogens (tertiary/aromatic N) is 6. The lowest BCUT2D eigenvalue weighted by atomic mass is 10.1. The number of alkyl carbamates (subject to hydrolysis) is 2. The lowest BCUT2D eigenvalue weighted by molar-refractivity contribution is -0.137. The number of aromatic nitrogens is 6. The number of methoxy groups -OCH3 is 4. The molecule has 4 N–H and O–H groups in total. The zero-order chi connectivity index (χ0) is 40.2. The van der Waals surface area contributed by atoms with Gasteiger partial charge in [-0.15, -0.1) is 10.2 Å². The van der Waals surface area contributed by atoms with Crippen LogP contribution in [-0.2, 0) is 28.5 Å². The van der Waals surface area contributed by atoms with Crippen molar-refractivity contribution in [3.05, 3.63) is 60.2 Å². The highest BCUT2D eigenvalue weighted by atomic mass is 16.5. The van der Waals surface area contributed by atoms with Crippen molar-refractivity contribution in [3.8, 4) is 22.5 Å². The molecule has 0 spiro atoms. The predicted octanol–water partition coefficient (Wildman–Crippen LogP) is 4.02. The maximum atomic E-state index is 13.7. The van der Waals surface area contributed by atoms with Crippen LogP contribution in [0.15, 0.2) is 48.5 Å². The van der Waals surface area contributed by atoms with Crippen LogP contribution in [0.5, 0.6) is 0 Å². The van der Waals surface area contributed by atoms with Crippen LogP contribution in [0.2, 0.25) is 0 Å². The van der Waals surface area contributed by atoms with E-state index in [9.17, 15) is 19.2 Å². The summed E-state index contributed by atoms with van der Waals surface area (Å²) in [5.74, 6) is 0.787. The Hall–Kier alpha value is -6.14. The Morgan fingerprint density at radius 2 is 1.25 bits per heavy atom. The fraction of sp³-hybridized carbons (Fsp3) is 0.436. The summed E-state index contributed by atoms with van der Waals surface area (Å²) in [4.78, 5) is 71.0. The molecule has 5 atom stereocenters. The minimum Gasteiger partial charge on any atom is -0.453 e. The monoisotopic (exact) mass is 782 g/mol. The third kappa shape index (κ3) is 8.08. The van der Waals surface area contributed by atoms with Gasteiger partial charge in [0.15, 0.2) is 0 Å². The molecule has 4 amide bonds. The number of fused-ring (bicyclic) bond motifs is 2. The number of hydrogen-bond donors (Lipinski definition) is 4. The zero-order valence-corrected chi connectivity index (χ0v) is 32.4. The number of carbonyl (C=O) groups is 4. The number of hydrogen-bond acceptors (Lipinski definition) is 12. The van der Waals surface area contributed by atoms with Crippen LogP contribution in [0.3, 0.4) is 0 Å². The van der Waals surface area contributed by atoms with E-state index in [1.165, 1.54) is 28.4 Å². The van der Waals surface area contributed by atoms with Crippen molar-refractivity contribution in [1.82, 2.24) is 50.6 Å². The second kappa shape index (κ2) is 16.9. The lowest BCUT2D eigenvalue weighted by Crippen LogP contribution is -2.54. The van der Waals surface area contributed by atoms with Crippen LogP contribution < -0.4 is 10.6 Å². The van der Waals surface area contributed by atoms with E-state index in [2.05, 4.69) is 30.8 Å². The van der Waals surface area contributed by atoms with E-state index in [1.54, 1.807) is 16.7 Å². The first-order chi connectivity index (χ1) is 27.6. The molecule has 0 radical (unpaired) electrons. The molecule has 18 heteroatoms. The third-order valence-electron chi connectivity index (χ3n) is 10.6. The number of amides is 4. The van der Waals surface area contributed by atoms with Crippen molar-refractivity contribution in [3.63, 3.8) is 0 Å². The predicted molar refractivity (Wildman–Crippen MR) is 207 cm³/mol. The van der Waals surface area contributed by atoms with Crippen LogP contribution in [0, 0.1) is 0 Å². The van der Waals surface area contributed by atoms with E-state index in [0.717, 1.165) is 52.5 Å². The Balaban J connectivity index is 1.06. The zero-order valence-electron chi connectivity index (χ0n) is 32.4. The Kier molecular flexibility index (Phi) is 11.6. The Morgan fingerprint density at radius 3 is 1.72 bits per heavy atom. The van der Waals surface area contributed by atoms with Crippen molar-refractivity contribution in [1.29, 1.82) is 0 Å². The van der Waals surface area contributed by atoms with Gasteiger partial charge >= 0.3 is 12.2 Å². The van der Waals surface area contributed by atoms with E-state index in [4.69, 9.17) is 28.9 Å². The molecule has 2 aliphatic rings. The highest BCUT2D eigenvalue weighted by Gasteiger charge is 2.39. The molecule has 3 aromatic heterocycles. The first-order valence-corrected chi connectivity index (χ1v) is 18.8. The van der Waals surface area contributed by atoms with Crippen LogP contribution in [-0.4, -0.2) is 130 Å². The molecule has 0 bridgehead atoms. The van der Waals surface area contributed by atoms with E-state index < -0.39 is 30.4 Å². The number of aromatic amines is 2. The number of nitrogens with one attached hydrogen (secondary N) is 4. The molecule has 5 aromatic rings. The molecule has 2 fully saturated rings. The van der Waals surface area contributed by atoms with Gasteiger partial charge in [-0.3, -0.25) is 9.59 Å². The third-order valence-corrected chi connectivity index (χ3v) is 10.6. The van der Waals surface area contributed by atoms with Crippen LogP contribution in [0.25, 0.3) is 44.6 Å². The van der Waals surface area contributed by atoms with Crippen molar-refractivity contribution in [2.24, 2.45) is 0 Å². The van der Waals surface area contributed by atoms with Crippen molar-refractivity contribution in [2.45, 2.75) is 62.9 Å². The maximum absolute atomic E-state index is 13.7. The van der Waals surface area contributed by atoms with Gasteiger partial charge in [0, 0.05) is 38.4 Å².